The molecular weight excluding hydrogens is 184 g/mol. The van der Waals surface area contributed by atoms with Crippen LogP contribution in [-0.2, 0) is 0 Å². The van der Waals surface area contributed by atoms with E-state index in [1.165, 1.54) is 11.5 Å². The number of hydrogen-bond acceptors (Lipinski definition) is 5. The fraction of sp³-hybridized carbons (Fsp3) is 0.750. The van der Waals surface area contributed by atoms with Gasteiger partial charge in [0.2, 0.25) is 5.13 Å². The van der Waals surface area contributed by atoms with Gasteiger partial charge < -0.3 is 11.1 Å². The smallest absolute Gasteiger partial charge is 0.202 e. The lowest BCUT2D eigenvalue weighted by Gasteiger charge is -1.98. The van der Waals surface area contributed by atoms with E-state index < -0.39 is 0 Å². The molecule has 0 aliphatic heterocycles. The molecule has 0 saturated heterocycles. The summed E-state index contributed by atoms with van der Waals surface area (Å²) in [6.07, 6.45) is 0.969. The van der Waals surface area contributed by atoms with E-state index in [4.69, 9.17) is 5.73 Å². The summed E-state index contributed by atoms with van der Waals surface area (Å²) < 4.78 is 4.23. The van der Waals surface area contributed by atoms with Crippen LogP contribution in [0.25, 0.3) is 0 Å². The van der Waals surface area contributed by atoms with E-state index in [0.29, 0.717) is 12.5 Å². The molecule has 1 aromatic rings. The number of hydrogen-bond donors (Lipinski definition) is 2. The molecule has 0 aliphatic rings. The summed E-state index contributed by atoms with van der Waals surface area (Å²) in [6.45, 7) is 5.77. The number of nitrogens with zero attached hydrogens (tertiary/aromatic N) is 2. The molecule has 74 valence electrons. The van der Waals surface area contributed by atoms with E-state index in [9.17, 15) is 0 Å². The molecule has 4 nitrogen and oxygen atoms in total. The number of anilines is 1. The second-order valence-corrected chi connectivity index (χ2v) is 3.93. The topological polar surface area (TPSA) is 63.8 Å². The second-order valence-electron chi connectivity index (χ2n) is 3.18. The lowest BCUT2D eigenvalue weighted by Crippen LogP contribution is -2.08. The third-order valence-electron chi connectivity index (χ3n) is 1.62. The fourth-order valence-electron chi connectivity index (χ4n) is 0.839. The van der Waals surface area contributed by atoms with Gasteiger partial charge in [-0.2, -0.15) is 4.37 Å². The first-order valence-corrected chi connectivity index (χ1v) is 5.29. The Morgan fingerprint density at radius 1 is 1.54 bits per heavy atom. The van der Waals surface area contributed by atoms with Crippen LogP contribution in [0.5, 0.6) is 0 Å². The van der Waals surface area contributed by atoms with E-state index in [1.807, 2.05) is 0 Å². The highest BCUT2D eigenvalue weighted by Crippen LogP contribution is 2.16. The molecule has 3 N–H and O–H groups in total. The summed E-state index contributed by atoms with van der Waals surface area (Å²) in [5.41, 5.74) is 5.37. The highest BCUT2D eigenvalue weighted by Gasteiger charge is 2.06. The highest BCUT2D eigenvalue weighted by molar-refractivity contribution is 7.09. The van der Waals surface area contributed by atoms with Gasteiger partial charge in [-0.15, -0.1) is 0 Å². The number of aromatic nitrogens is 2. The van der Waals surface area contributed by atoms with Crippen molar-refractivity contribution in [2.45, 2.75) is 26.2 Å². The summed E-state index contributed by atoms with van der Waals surface area (Å²) in [7, 11) is 0. The van der Waals surface area contributed by atoms with Gasteiger partial charge in [-0.1, -0.05) is 13.8 Å². The van der Waals surface area contributed by atoms with E-state index in [2.05, 4.69) is 28.5 Å². The number of nitrogens with one attached hydrogen (secondary N) is 1. The van der Waals surface area contributed by atoms with Crippen molar-refractivity contribution in [3.05, 3.63) is 5.82 Å². The number of rotatable bonds is 5. The SMILES string of the molecule is CC(C)c1nsc(NCCCN)n1. The van der Waals surface area contributed by atoms with Crippen LogP contribution in [0.15, 0.2) is 0 Å². The van der Waals surface area contributed by atoms with Gasteiger partial charge in [0, 0.05) is 24.0 Å². The van der Waals surface area contributed by atoms with Crippen LogP contribution in [-0.4, -0.2) is 22.4 Å². The molecule has 1 aromatic heterocycles. The Hall–Kier alpha value is -0.680. The first-order chi connectivity index (χ1) is 6.24. The largest absolute Gasteiger partial charge is 0.360 e. The van der Waals surface area contributed by atoms with Crippen LogP contribution in [0, 0.1) is 0 Å². The van der Waals surface area contributed by atoms with E-state index in [0.717, 1.165) is 23.9 Å². The average molecular weight is 200 g/mol. The Kier molecular flexibility index (Phi) is 4.11. The lowest BCUT2D eigenvalue weighted by atomic mass is 10.2. The summed E-state index contributed by atoms with van der Waals surface area (Å²) >= 11 is 1.42. The van der Waals surface area contributed by atoms with Gasteiger partial charge in [-0.3, -0.25) is 0 Å². The molecule has 0 aromatic carbocycles. The van der Waals surface area contributed by atoms with Gasteiger partial charge in [0.25, 0.3) is 0 Å². The Labute approximate surface area is 82.7 Å². The third-order valence-corrected chi connectivity index (χ3v) is 2.30. The molecule has 0 bridgehead atoms. The molecule has 0 amide bonds. The van der Waals surface area contributed by atoms with Gasteiger partial charge in [0.1, 0.15) is 5.82 Å². The molecule has 0 saturated carbocycles. The summed E-state index contributed by atoms with van der Waals surface area (Å²) in [6, 6.07) is 0. The zero-order valence-electron chi connectivity index (χ0n) is 8.08. The predicted molar refractivity (Wildman–Crippen MR) is 56.2 cm³/mol. The Bertz CT molecular complexity index is 246. The highest BCUT2D eigenvalue weighted by atomic mass is 32.1. The molecule has 0 radical (unpaired) electrons. The monoisotopic (exact) mass is 200 g/mol. The normalized spacial score (nSPS) is 10.8. The minimum absolute atomic E-state index is 0.404. The average Bonchev–Trinajstić information content (AvgIpc) is 2.53. The molecule has 0 fully saturated rings. The first kappa shape index (κ1) is 10.4. The van der Waals surface area contributed by atoms with Crippen LogP contribution in [0.4, 0.5) is 5.13 Å². The van der Waals surface area contributed by atoms with Gasteiger partial charge in [0.15, 0.2) is 0 Å². The molecular formula is C8H16N4S. The zero-order chi connectivity index (χ0) is 9.68. The van der Waals surface area contributed by atoms with Crippen LogP contribution in [0.2, 0.25) is 0 Å². The molecule has 1 rings (SSSR count). The van der Waals surface area contributed by atoms with Crippen LogP contribution in [0.1, 0.15) is 32.0 Å². The van der Waals surface area contributed by atoms with Crippen LogP contribution in [0.3, 0.4) is 0 Å². The standard InChI is InChI=1S/C8H16N4S/c1-6(2)7-11-8(13-12-7)10-5-3-4-9/h6H,3-5,9H2,1-2H3,(H,10,11,12). The molecule has 0 unspecified atom stereocenters. The number of nitrogens with two attached hydrogens (primary N) is 1. The summed E-state index contributed by atoms with van der Waals surface area (Å²) in [4.78, 5) is 4.34. The minimum atomic E-state index is 0.404. The minimum Gasteiger partial charge on any atom is -0.360 e. The lowest BCUT2D eigenvalue weighted by molar-refractivity contribution is 0.797. The third kappa shape index (κ3) is 3.28. The molecule has 1 heterocycles. The van der Waals surface area contributed by atoms with E-state index in [-0.39, 0.29) is 0 Å². The molecule has 0 atom stereocenters. The predicted octanol–water partition coefficient (Wildman–Crippen LogP) is 1.42. The van der Waals surface area contributed by atoms with Crippen molar-refractivity contribution in [3.8, 4) is 0 Å². The maximum atomic E-state index is 5.37. The van der Waals surface area contributed by atoms with Crippen molar-refractivity contribution >= 4 is 16.7 Å². The maximum Gasteiger partial charge on any atom is 0.202 e. The Morgan fingerprint density at radius 2 is 2.31 bits per heavy atom. The van der Waals surface area contributed by atoms with Crippen molar-refractivity contribution < 1.29 is 0 Å². The Morgan fingerprint density at radius 3 is 2.85 bits per heavy atom. The maximum absolute atomic E-state index is 5.37. The van der Waals surface area contributed by atoms with Crippen molar-refractivity contribution in [1.82, 2.24) is 9.36 Å². The van der Waals surface area contributed by atoms with Crippen molar-refractivity contribution in [2.75, 3.05) is 18.4 Å². The van der Waals surface area contributed by atoms with E-state index >= 15 is 0 Å². The van der Waals surface area contributed by atoms with Crippen molar-refractivity contribution in [3.63, 3.8) is 0 Å². The van der Waals surface area contributed by atoms with Crippen molar-refractivity contribution in [2.24, 2.45) is 5.73 Å². The molecule has 13 heavy (non-hydrogen) atoms. The molecule has 0 aliphatic carbocycles. The van der Waals surface area contributed by atoms with Crippen LogP contribution < -0.4 is 11.1 Å². The first-order valence-electron chi connectivity index (χ1n) is 4.51. The van der Waals surface area contributed by atoms with Crippen molar-refractivity contribution in [1.29, 1.82) is 0 Å². The van der Waals surface area contributed by atoms with Gasteiger partial charge in [-0.25, -0.2) is 4.98 Å². The van der Waals surface area contributed by atoms with E-state index in [1.54, 1.807) is 0 Å². The quantitative estimate of drug-likeness (QED) is 0.706. The summed E-state index contributed by atoms with van der Waals surface area (Å²) in [5.74, 6) is 1.32. The summed E-state index contributed by atoms with van der Waals surface area (Å²) in [5, 5.41) is 4.09. The zero-order valence-corrected chi connectivity index (χ0v) is 8.90. The van der Waals surface area contributed by atoms with Crippen LogP contribution >= 0.6 is 11.5 Å². The molecule has 5 heteroatoms. The van der Waals surface area contributed by atoms with Gasteiger partial charge in [0.05, 0.1) is 0 Å². The second kappa shape index (κ2) is 5.14. The van der Waals surface area contributed by atoms with Gasteiger partial charge >= 0.3 is 0 Å². The fourth-order valence-corrected chi connectivity index (χ4v) is 1.57. The molecule has 0 spiro atoms. The van der Waals surface area contributed by atoms with Gasteiger partial charge in [-0.05, 0) is 13.0 Å². The Balaban J connectivity index is 2.40.